The van der Waals surface area contributed by atoms with Crippen molar-refractivity contribution in [3.8, 4) is 0 Å². The third-order valence-electron chi connectivity index (χ3n) is 5.08. The predicted octanol–water partition coefficient (Wildman–Crippen LogP) is 5.58. The first-order valence-corrected chi connectivity index (χ1v) is 9.00. The number of para-hydroxylation sites is 1. The molecule has 0 aliphatic rings. The van der Waals surface area contributed by atoms with Gasteiger partial charge in [0, 0.05) is 52.0 Å². The van der Waals surface area contributed by atoms with Crippen LogP contribution in [0.1, 0.15) is 0 Å². The van der Waals surface area contributed by atoms with Crippen LogP contribution in [-0.2, 0) is 7.05 Å². The lowest BCUT2D eigenvalue weighted by Crippen LogP contribution is -1.86. The summed E-state index contributed by atoms with van der Waals surface area (Å²) in [5.74, 6) is -0.202. The molecule has 0 fully saturated rings. The quantitative estimate of drug-likeness (QED) is 0.380. The highest BCUT2D eigenvalue weighted by Gasteiger charge is 2.07. The van der Waals surface area contributed by atoms with E-state index in [1.807, 2.05) is 42.2 Å². The number of hydrogen-bond donors (Lipinski definition) is 1. The molecule has 0 saturated heterocycles. The maximum atomic E-state index is 13.1. The molecular weight excluding hydrogens is 351 g/mol. The van der Waals surface area contributed by atoms with E-state index < -0.39 is 0 Å². The molecule has 2 aromatic carbocycles. The number of fused-ring (bicyclic) bond motifs is 6. The van der Waals surface area contributed by atoms with Crippen LogP contribution in [0.5, 0.6) is 0 Å². The summed E-state index contributed by atoms with van der Waals surface area (Å²) >= 11 is 0. The summed E-state index contributed by atoms with van der Waals surface area (Å²) in [5, 5.41) is 4.49. The Hall–Kier alpha value is -3.73. The number of aromatic nitrogens is 4. The Morgan fingerprint density at radius 2 is 1.50 bits per heavy atom. The predicted molar refractivity (Wildman–Crippen MR) is 112 cm³/mol. The largest absolute Gasteiger partial charge is 0.353 e. The van der Waals surface area contributed by atoms with E-state index in [2.05, 4.69) is 33.2 Å². The molecule has 0 atom stereocenters. The Bertz CT molecular complexity index is 1390. The fourth-order valence-corrected chi connectivity index (χ4v) is 3.73. The summed E-state index contributed by atoms with van der Waals surface area (Å²) in [4.78, 5) is 11.5. The van der Waals surface area contributed by atoms with E-state index in [-0.39, 0.29) is 5.82 Å². The van der Waals surface area contributed by atoms with Gasteiger partial charge in [0.2, 0.25) is 0 Å². The van der Waals surface area contributed by atoms with Crippen molar-refractivity contribution >= 4 is 43.6 Å². The van der Waals surface area contributed by atoms with E-state index >= 15 is 0 Å². The number of pyridine rings is 2. The van der Waals surface area contributed by atoms with Gasteiger partial charge in [-0.05, 0) is 36.4 Å². The summed E-state index contributed by atoms with van der Waals surface area (Å²) < 4.78 is 15.2. The van der Waals surface area contributed by atoms with Gasteiger partial charge in [-0.25, -0.2) is 4.39 Å². The number of halogens is 1. The zero-order valence-corrected chi connectivity index (χ0v) is 15.2. The van der Waals surface area contributed by atoms with Crippen molar-refractivity contribution in [1.82, 2.24) is 19.5 Å². The van der Waals surface area contributed by atoms with E-state index in [0.29, 0.717) is 0 Å². The molecule has 1 N–H and O–H groups in total. The summed E-state index contributed by atoms with van der Waals surface area (Å²) in [7, 11) is 1.96. The molecule has 0 unspecified atom stereocenters. The molecule has 136 valence electrons. The van der Waals surface area contributed by atoms with Crippen molar-refractivity contribution in [2.24, 2.45) is 7.05 Å². The average molecular weight is 368 g/mol. The van der Waals surface area contributed by atoms with Crippen LogP contribution in [0.2, 0.25) is 0 Å². The molecule has 6 aromatic rings. The fourth-order valence-electron chi connectivity index (χ4n) is 3.73. The third-order valence-corrected chi connectivity index (χ3v) is 5.08. The lowest BCUT2D eigenvalue weighted by Gasteiger charge is -1.95. The van der Waals surface area contributed by atoms with E-state index in [9.17, 15) is 4.39 Å². The van der Waals surface area contributed by atoms with Gasteiger partial charge in [-0.3, -0.25) is 9.97 Å². The molecule has 4 nitrogen and oxygen atoms in total. The average Bonchev–Trinajstić information content (AvgIpc) is 3.25. The number of aryl methyl sites for hydroxylation is 1. The molecule has 0 saturated carbocycles. The number of nitrogens with one attached hydrogen (secondary N) is 1. The van der Waals surface area contributed by atoms with Crippen molar-refractivity contribution in [2.75, 3.05) is 0 Å². The molecule has 5 heteroatoms. The number of hydrogen-bond acceptors (Lipinski definition) is 2. The Morgan fingerprint density at radius 1 is 0.750 bits per heavy atom. The van der Waals surface area contributed by atoms with Crippen molar-refractivity contribution in [1.29, 1.82) is 0 Å². The van der Waals surface area contributed by atoms with Gasteiger partial charge in [0.1, 0.15) is 5.82 Å². The Kier molecular flexibility index (Phi) is 3.79. The molecule has 0 radical (unpaired) electrons. The van der Waals surface area contributed by atoms with Crippen LogP contribution in [0, 0.1) is 5.82 Å². The Morgan fingerprint density at radius 3 is 2.39 bits per heavy atom. The maximum Gasteiger partial charge on any atom is 0.123 e. The highest BCUT2D eigenvalue weighted by atomic mass is 19.1. The van der Waals surface area contributed by atoms with Gasteiger partial charge < -0.3 is 9.55 Å². The molecule has 6 rings (SSSR count). The Balaban J connectivity index is 0.000000123. The minimum absolute atomic E-state index is 0.202. The summed E-state index contributed by atoms with van der Waals surface area (Å²) in [5.41, 5.74) is 4.33. The van der Waals surface area contributed by atoms with Crippen LogP contribution in [0.25, 0.3) is 43.6 Å². The highest BCUT2D eigenvalue weighted by Crippen LogP contribution is 2.27. The van der Waals surface area contributed by atoms with Gasteiger partial charge in [0.05, 0.1) is 23.4 Å². The molecule has 0 bridgehead atoms. The SMILES string of the molecule is Cn1c2ccc(F)cc2c2ccncc21.c1ccc2c(c1)[nH]c1cnccc12. The van der Waals surface area contributed by atoms with Crippen molar-refractivity contribution in [3.05, 3.63) is 85.2 Å². The molecule has 4 heterocycles. The number of rotatable bonds is 0. The molecule has 0 aliphatic carbocycles. The van der Waals surface area contributed by atoms with Gasteiger partial charge >= 0.3 is 0 Å². The third kappa shape index (κ3) is 2.60. The molecular formula is C23H17FN4. The smallest absolute Gasteiger partial charge is 0.123 e. The minimum Gasteiger partial charge on any atom is -0.353 e. The standard InChI is InChI=1S/C12H9FN2.C11H8N2/c1-15-11-3-2-8(13)6-10(11)9-4-5-14-7-12(9)15;1-2-4-10-8(3-1)9-5-6-12-7-11(9)13-10/h2-7H,1H3;1-7,13H. The van der Waals surface area contributed by atoms with Gasteiger partial charge in [-0.1, -0.05) is 18.2 Å². The van der Waals surface area contributed by atoms with Crippen molar-refractivity contribution < 1.29 is 4.39 Å². The first kappa shape index (κ1) is 16.4. The van der Waals surface area contributed by atoms with Crippen LogP contribution in [0.3, 0.4) is 0 Å². The van der Waals surface area contributed by atoms with Crippen LogP contribution in [0.4, 0.5) is 4.39 Å². The van der Waals surface area contributed by atoms with Crippen LogP contribution >= 0.6 is 0 Å². The molecule has 0 aliphatic heterocycles. The lowest BCUT2D eigenvalue weighted by molar-refractivity contribution is 0.629. The Labute approximate surface area is 160 Å². The van der Waals surface area contributed by atoms with Crippen LogP contribution in [-0.4, -0.2) is 19.5 Å². The van der Waals surface area contributed by atoms with E-state index in [1.54, 1.807) is 24.5 Å². The van der Waals surface area contributed by atoms with E-state index in [4.69, 9.17) is 0 Å². The minimum atomic E-state index is -0.202. The molecule has 0 amide bonds. The van der Waals surface area contributed by atoms with Gasteiger partial charge in [-0.2, -0.15) is 0 Å². The first-order valence-electron chi connectivity index (χ1n) is 9.00. The lowest BCUT2D eigenvalue weighted by atomic mass is 10.2. The number of benzene rings is 2. The highest BCUT2D eigenvalue weighted by molar-refractivity contribution is 6.08. The summed E-state index contributed by atoms with van der Waals surface area (Å²) in [6, 6.07) is 17.1. The monoisotopic (exact) mass is 368 g/mol. The van der Waals surface area contributed by atoms with Crippen LogP contribution < -0.4 is 0 Å². The maximum absolute atomic E-state index is 13.1. The number of nitrogens with zero attached hydrogens (tertiary/aromatic N) is 3. The summed E-state index contributed by atoms with van der Waals surface area (Å²) in [6.45, 7) is 0. The molecule has 4 aromatic heterocycles. The first-order chi connectivity index (χ1) is 13.7. The van der Waals surface area contributed by atoms with Gasteiger partial charge in [-0.15, -0.1) is 0 Å². The second kappa shape index (κ2) is 6.46. The van der Waals surface area contributed by atoms with Gasteiger partial charge in [0.15, 0.2) is 0 Å². The number of H-pyrrole nitrogens is 1. The number of aromatic amines is 1. The summed E-state index contributed by atoms with van der Waals surface area (Å²) in [6.07, 6.45) is 7.21. The van der Waals surface area contributed by atoms with Crippen molar-refractivity contribution in [3.63, 3.8) is 0 Å². The van der Waals surface area contributed by atoms with E-state index in [0.717, 1.165) is 27.3 Å². The van der Waals surface area contributed by atoms with E-state index in [1.165, 1.54) is 22.4 Å². The second-order valence-electron chi connectivity index (χ2n) is 6.71. The van der Waals surface area contributed by atoms with Crippen LogP contribution in [0.15, 0.2) is 79.4 Å². The fraction of sp³-hybridized carbons (Fsp3) is 0.0435. The zero-order valence-electron chi connectivity index (χ0n) is 15.2. The molecule has 0 spiro atoms. The van der Waals surface area contributed by atoms with Crippen molar-refractivity contribution in [2.45, 2.75) is 0 Å². The topological polar surface area (TPSA) is 46.5 Å². The van der Waals surface area contributed by atoms with Gasteiger partial charge in [0.25, 0.3) is 0 Å². The molecule has 28 heavy (non-hydrogen) atoms. The second-order valence-corrected chi connectivity index (χ2v) is 6.71. The normalized spacial score (nSPS) is 11.2. The zero-order chi connectivity index (χ0) is 19.1.